The molecule has 0 aliphatic carbocycles. The number of hydrogen-bond acceptors (Lipinski definition) is 8. The summed E-state index contributed by atoms with van der Waals surface area (Å²) in [4.78, 5) is 28.0. The number of nitrogens with zero attached hydrogens (tertiary/aromatic N) is 5. The molecule has 2 aromatic heterocycles. The van der Waals surface area contributed by atoms with E-state index in [4.69, 9.17) is 5.73 Å². The number of nitrogens with two attached hydrogens (primary N) is 1. The van der Waals surface area contributed by atoms with Gasteiger partial charge in [0.25, 0.3) is 0 Å². The van der Waals surface area contributed by atoms with Gasteiger partial charge in [-0.15, -0.1) is 0 Å². The van der Waals surface area contributed by atoms with Crippen molar-refractivity contribution in [3.63, 3.8) is 0 Å². The molecule has 0 atom stereocenters. The summed E-state index contributed by atoms with van der Waals surface area (Å²) in [5.74, 6) is -0.560. The lowest BCUT2D eigenvalue weighted by Gasteiger charge is -2.26. The van der Waals surface area contributed by atoms with Crippen LogP contribution in [0.3, 0.4) is 0 Å². The first kappa shape index (κ1) is 30.7. The van der Waals surface area contributed by atoms with Gasteiger partial charge in [-0.05, 0) is 41.5 Å². The Hall–Kier alpha value is -5.23. The Kier molecular flexibility index (Phi) is 9.41. The normalized spacial score (nSPS) is 13.4. The van der Waals surface area contributed by atoms with Gasteiger partial charge in [0.15, 0.2) is 5.82 Å². The first-order chi connectivity index (χ1) is 20.6. The van der Waals surface area contributed by atoms with Gasteiger partial charge in [0.05, 0.1) is 36.0 Å². The molecule has 0 unspecified atom stereocenters. The summed E-state index contributed by atoms with van der Waals surface area (Å²) in [6, 6.07) is 12.0. The molecule has 0 radical (unpaired) electrons. The van der Waals surface area contributed by atoms with Gasteiger partial charge in [-0.2, -0.15) is 23.5 Å². The number of carbonyl (C=O) groups excluding carboxylic acids is 2. The van der Waals surface area contributed by atoms with E-state index < -0.39 is 23.2 Å². The molecule has 4 aromatic rings. The monoisotopic (exact) mass is 597 g/mol. The Morgan fingerprint density at radius 3 is 2.58 bits per heavy atom. The van der Waals surface area contributed by atoms with E-state index >= 15 is 0 Å². The number of nitrogens with one attached hydrogen (secondary N) is 3. The molecule has 5 N–H and O–H groups in total. The summed E-state index contributed by atoms with van der Waals surface area (Å²) in [5, 5.41) is 21.7. The minimum absolute atomic E-state index is 0.00374. The summed E-state index contributed by atoms with van der Waals surface area (Å²) < 4.78 is 50.8. The van der Waals surface area contributed by atoms with E-state index in [1.165, 1.54) is 6.33 Å². The fourth-order valence-electron chi connectivity index (χ4n) is 4.68. The van der Waals surface area contributed by atoms with Crippen LogP contribution < -0.4 is 21.7 Å². The molecule has 11 nitrogen and oxygen atoms in total. The van der Waals surface area contributed by atoms with E-state index in [0.717, 1.165) is 34.6 Å². The van der Waals surface area contributed by atoms with Crippen molar-refractivity contribution in [1.82, 2.24) is 24.8 Å². The summed E-state index contributed by atoms with van der Waals surface area (Å²) in [6.45, 7) is 2.14. The highest BCUT2D eigenvalue weighted by Gasteiger charge is 2.31. The minimum Gasteiger partial charge on any atom is -0.388 e. The highest BCUT2D eigenvalue weighted by Crippen LogP contribution is 2.36. The second-order valence-electron chi connectivity index (χ2n) is 9.38. The minimum atomic E-state index is -4.55. The average molecular weight is 598 g/mol. The van der Waals surface area contributed by atoms with Crippen molar-refractivity contribution in [3.05, 3.63) is 71.4 Å². The topological polar surface area (TPSA) is 153 Å². The van der Waals surface area contributed by atoms with Gasteiger partial charge >= 0.3 is 6.18 Å². The van der Waals surface area contributed by atoms with E-state index in [0.29, 0.717) is 49.2 Å². The second-order valence-corrected chi connectivity index (χ2v) is 9.38. The smallest absolute Gasteiger partial charge is 0.388 e. The largest absolute Gasteiger partial charge is 0.416 e. The maximum absolute atomic E-state index is 12.8. The van der Waals surface area contributed by atoms with Crippen LogP contribution in [0.15, 0.2) is 48.8 Å². The molecular weight excluding hydrogens is 570 g/mol. The van der Waals surface area contributed by atoms with Gasteiger partial charge < -0.3 is 21.7 Å². The Balaban J connectivity index is 0.000000255. The van der Waals surface area contributed by atoms with Crippen LogP contribution in [-0.2, 0) is 28.7 Å². The molecule has 1 aliphatic heterocycles. The number of nitriles is 1. The molecule has 15 heteroatoms. The standard InChI is InChI=1S/C20H22N8O.C8H5F4NO/c1-23-14-4-2-13(3-5-14)18-15(6-7-21)16(10-27-9-8-24-17(29)11-27)28-19(18)20(22)25-12-26-28;9-6-2-1-5(8(10,11)12)3-7(6)13-4-14/h2-5,12,23H,6,8-11H2,1H3,(H,24,29)(H2,22,25,26);1-4H,(H,13,14). The Morgan fingerprint density at radius 2 is 1.95 bits per heavy atom. The van der Waals surface area contributed by atoms with Crippen molar-refractivity contribution in [3.8, 4) is 17.2 Å². The third-order valence-electron chi connectivity index (χ3n) is 6.68. The highest BCUT2D eigenvalue weighted by molar-refractivity contribution is 5.91. The van der Waals surface area contributed by atoms with Crippen LogP contribution in [0.2, 0.25) is 0 Å². The first-order valence-corrected chi connectivity index (χ1v) is 12.9. The quantitative estimate of drug-likeness (QED) is 0.187. The summed E-state index contributed by atoms with van der Waals surface area (Å²) >= 11 is 0. The van der Waals surface area contributed by atoms with E-state index in [1.807, 2.05) is 41.5 Å². The number of carbonyl (C=O) groups is 2. The molecule has 1 fully saturated rings. The van der Waals surface area contributed by atoms with Gasteiger partial charge in [0.2, 0.25) is 12.3 Å². The SMILES string of the molecule is CNc1ccc(-c2c(CC#N)c(CN3CCNC(=O)C3)n3ncnc(N)c23)cc1.O=CNc1cc(C(F)(F)F)ccc1F. The molecule has 0 spiro atoms. The average Bonchev–Trinajstić information content (AvgIpc) is 3.28. The van der Waals surface area contributed by atoms with Crippen LogP contribution in [0.4, 0.5) is 34.8 Å². The van der Waals surface area contributed by atoms with Crippen molar-refractivity contribution in [2.45, 2.75) is 19.1 Å². The third-order valence-corrected chi connectivity index (χ3v) is 6.68. The van der Waals surface area contributed by atoms with Crippen molar-refractivity contribution < 1.29 is 27.2 Å². The van der Waals surface area contributed by atoms with Crippen LogP contribution in [0, 0.1) is 17.1 Å². The number of piperazine rings is 1. The lowest BCUT2D eigenvalue weighted by molar-refractivity contribution is -0.137. The molecule has 224 valence electrons. The van der Waals surface area contributed by atoms with Gasteiger partial charge in [-0.3, -0.25) is 14.5 Å². The molecule has 0 bridgehead atoms. The molecule has 2 amide bonds. The van der Waals surface area contributed by atoms with Crippen LogP contribution in [0.25, 0.3) is 16.6 Å². The lowest BCUT2D eigenvalue weighted by Crippen LogP contribution is -2.47. The summed E-state index contributed by atoms with van der Waals surface area (Å²) in [6.07, 6.45) is -2.81. The number of amides is 2. The number of rotatable bonds is 7. The zero-order chi connectivity index (χ0) is 31.1. The van der Waals surface area contributed by atoms with E-state index in [2.05, 4.69) is 26.8 Å². The predicted molar refractivity (Wildman–Crippen MR) is 151 cm³/mol. The maximum atomic E-state index is 12.8. The third kappa shape index (κ3) is 6.99. The number of nitrogen functional groups attached to an aromatic ring is 1. The predicted octanol–water partition coefficient (Wildman–Crippen LogP) is 3.43. The number of fused-ring (bicyclic) bond motifs is 1. The van der Waals surface area contributed by atoms with E-state index in [-0.39, 0.29) is 18.7 Å². The number of anilines is 3. The van der Waals surface area contributed by atoms with Crippen LogP contribution in [-0.4, -0.2) is 58.5 Å². The highest BCUT2D eigenvalue weighted by atomic mass is 19.4. The zero-order valence-electron chi connectivity index (χ0n) is 22.9. The van der Waals surface area contributed by atoms with Crippen molar-refractivity contribution in [2.24, 2.45) is 0 Å². The van der Waals surface area contributed by atoms with E-state index in [9.17, 15) is 32.4 Å². The number of aromatic nitrogens is 3. The molecule has 5 rings (SSSR count). The molecule has 3 heterocycles. The fourth-order valence-corrected chi connectivity index (χ4v) is 4.68. The first-order valence-electron chi connectivity index (χ1n) is 12.9. The second kappa shape index (κ2) is 13.2. The molecule has 1 saturated heterocycles. The lowest BCUT2D eigenvalue weighted by atomic mass is 9.98. The number of halogens is 4. The Morgan fingerprint density at radius 1 is 1.21 bits per heavy atom. The van der Waals surface area contributed by atoms with Gasteiger partial charge in [0.1, 0.15) is 17.7 Å². The van der Waals surface area contributed by atoms with Crippen molar-refractivity contribution in [2.75, 3.05) is 43.0 Å². The summed E-state index contributed by atoms with van der Waals surface area (Å²) in [5.41, 5.74) is 9.94. The van der Waals surface area contributed by atoms with Gasteiger partial charge in [-0.25, -0.2) is 13.9 Å². The van der Waals surface area contributed by atoms with Crippen molar-refractivity contribution in [1.29, 1.82) is 5.26 Å². The molecular formula is C28H27F4N9O2. The number of benzene rings is 2. The molecule has 1 aliphatic rings. The van der Waals surface area contributed by atoms with Crippen LogP contribution in [0.5, 0.6) is 0 Å². The number of alkyl halides is 3. The molecule has 0 saturated carbocycles. The van der Waals surface area contributed by atoms with Crippen LogP contribution in [0.1, 0.15) is 16.8 Å². The van der Waals surface area contributed by atoms with Crippen molar-refractivity contribution >= 4 is 35.0 Å². The summed E-state index contributed by atoms with van der Waals surface area (Å²) in [7, 11) is 1.86. The van der Waals surface area contributed by atoms with Crippen LogP contribution >= 0.6 is 0 Å². The fraction of sp³-hybridized carbons (Fsp3) is 0.250. The van der Waals surface area contributed by atoms with E-state index in [1.54, 1.807) is 4.52 Å². The number of hydrogen-bond donors (Lipinski definition) is 4. The Labute approximate surface area is 243 Å². The zero-order valence-corrected chi connectivity index (χ0v) is 22.9. The van der Waals surface area contributed by atoms with Gasteiger partial charge in [-0.1, -0.05) is 12.1 Å². The Bertz CT molecular complexity index is 1660. The maximum Gasteiger partial charge on any atom is 0.416 e. The van der Waals surface area contributed by atoms with Gasteiger partial charge in [0, 0.05) is 37.9 Å². The molecule has 43 heavy (non-hydrogen) atoms. The molecule has 2 aromatic carbocycles.